The molecule has 0 saturated carbocycles. The van der Waals surface area contributed by atoms with Gasteiger partial charge in [0.1, 0.15) is 5.76 Å². The van der Waals surface area contributed by atoms with Gasteiger partial charge in [-0.05, 0) is 0 Å². The number of amides is 1. The fraction of sp³-hybridized carbons (Fsp3) is 0. The molecule has 0 spiro atoms. The van der Waals surface area contributed by atoms with Gasteiger partial charge in [-0.2, -0.15) is 5.10 Å². The molecular weight excluding hydrogens is 108 g/mol. The van der Waals surface area contributed by atoms with Gasteiger partial charge in [0.2, 0.25) is 0 Å². The number of hydrogen-bond donors (Lipinski definition) is 1. The van der Waals surface area contributed by atoms with Gasteiger partial charge in [0.25, 0.3) is 5.91 Å². The van der Waals surface area contributed by atoms with Crippen LogP contribution in [0.2, 0.25) is 0 Å². The number of aliphatic hydroxyl groups excluding tert-OH is 1. The predicted molar refractivity (Wildman–Crippen MR) is 26.3 cm³/mol. The highest BCUT2D eigenvalue weighted by molar-refractivity contribution is 5.96. The zero-order chi connectivity index (χ0) is 5.98. The number of hydrogen-bond acceptors (Lipinski definition) is 3. The van der Waals surface area contributed by atoms with Crippen molar-refractivity contribution < 1.29 is 9.90 Å². The second-order valence-electron chi connectivity index (χ2n) is 1.25. The van der Waals surface area contributed by atoms with Crippen LogP contribution in [0.1, 0.15) is 0 Å². The highest BCUT2D eigenvalue weighted by atomic mass is 16.3. The maximum Gasteiger partial charge on any atom is 0.291 e. The minimum absolute atomic E-state index is 0.148. The van der Waals surface area contributed by atoms with Crippen molar-refractivity contribution in [3.63, 3.8) is 0 Å². The largest absolute Gasteiger partial charge is 0.506 e. The first-order valence-electron chi connectivity index (χ1n) is 1.98. The van der Waals surface area contributed by atoms with Crippen LogP contribution in [0.25, 0.3) is 0 Å². The molecule has 0 aliphatic carbocycles. The molecule has 0 aromatic carbocycles. The minimum atomic E-state index is -0.523. The van der Waals surface area contributed by atoms with Gasteiger partial charge >= 0.3 is 0 Å². The van der Waals surface area contributed by atoms with E-state index < -0.39 is 5.91 Å². The average Bonchev–Trinajstić information content (AvgIpc) is 1.64. The van der Waals surface area contributed by atoms with Crippen LogP contribution in [-0.2, 0) is 4.79 Å². The number of carbonyl (C=O) groups excluding carboxylic acids is 1. The van der Waals surface area contributed by atoms with Crippen LogP contribution in [-0.4, -0.2) is 17.2 Å². The van der Waals surface area contributed by atoms with E-state index >= 15 is 0 Å². The van der Waals surface area contributed by atoms with E-state index in [0.717, 1.165) is 12.3 Å². The zero-order valence-corrected chi connectivity index (χ0v) is 3.90. The van der Waals surface area contributed by atoms with Crippen molar-refractivity contribution in [2.24, 2.45) is 5.10 Å². The number of rotatable bonds is 0. The Balaban J connectivity index is 2.77. The molecule has 1 amide bonds. The third-order valence-electron chi connectivity index (χ3n) is 0.618. The number of allylic oxidation sites excluding steroid dienone is 1. The normalized spacial score (nSPS) is 17.5. The van der Waals surface area contributed by atoms with E-state index in [1.165, 1.54) is 0 Å². The maximum absolute atomic E-state index is 10.2. The van der Waals surface area contributed by atoms with Crippen LogP contribution in [0.5, 0.6) is 0 Å². The van der Waals surface area contributed by atoms with E-state index in [2.05, 4.69) is 10.5 Å². The maximum atomic E-state index is 10.2. The SMILES string of the molecule is O=C1C=C(O)C=N[N]1. The van der Waals surface area contributed by atoms with Crippen molar-refractivity contribution in [1.29, 1.82) is 0 Å². The quantitative estimate of drug-likeness (QED) is 0.460. The second kappa shape index (κ2) is 1.65. The lowest BCUT2D eigenvalue weighted by atomic mass is 10.4. The fourth-order valence-corrected chi connectivity index (χ4v) is 0.338. The second-order valence-corrected chi connectivity index (χ2v) is 1.25. The van der Waals surface area contributed by atoms with E-state index in [1.807, 2.05) is 0 Å². The highest BCUT2D eigenvalue weighted by Crippen LogP contribution is 1.88. The number of carbonyl (C=O) groups is 1. The van der Waals surface area contributed by atoms with E-state index in [4.69, 9.17) is 5.11 Å². The van der Waals surface area contributed by atoms with Crippen LogP contribution < -0.4 is 5.43 Å². The number of nitrogens with zero attached hydrogens (tertiary/aromatic N) is 2. The van der Waals surface area contributed by atoms with E-state index in [9.17, 15) is 4.79 Å². The molecule has 0 unspecified atom stereocenters. The molecule has 1 aliphatic rings. The molecule has 1 heterocycles. The molecule has 0 atom stereocenters. The van der Waals surface area contributed by atoms with Gasteiger partial charge in [0, 0.05) is 0 Å². The molecule has 0 aromatic heterocycles. The standard InChI is InChI=1S/C4H3N2O2/c7-3-1-4(8)6-5-2-3/h1-2,7H. The van der Waals surface area contributed by atoms with Crippen LogP contribution in [0.15, 0.2) is 16.9 Å². The van der Waals surface area contributed by atoms with E-state index in [-0.39, 0.29) is 5.76 Å². The van der Waals surface area contributed by atoms with Gasteiger partial charge in [-0.1, -0.05) is 0 Å². The summed E-state index contributed by atoms with van der Waals surface area (Å²) in [6.07, 6.45) is 2.09. The molecule has 0 saturated heterocycles. The lowest BCUT2D eigenvalue weighted by molar-refractivity contribution is -0.117. The van der Waals surface area contributed by atoms with Gasteiger partial charge in [-0.25, -0.2) is 0 Å². The molecule has 0 aromatic rings. The lowest BCUT2D eigenvalue weighted by Crippen LogP contribution is -2.11. The third kappa shape index (κ3) is 0.841. The van der Waals surface area contributed by atoms with Gasteiger partial charge in [-0.3, -0.25) is 4.79 Å². The fourth-order valence-electron chi connectivity index (χ4n) is 0.338. The van der Waals surface area contributed by atoms with Gasteiger partial charge < -0.3 is 5.11 Å². The van der Waals surface area contributed by atoms with Crippen molar-refractivity contribution in [2.45, 2.75) is 0 Å². The Kier molecular flexibility index (Phi) is 0.997. The summed E-state index contributed by atoms with van der Waals surface area (Å²) < 4.78 is 0. The molecule has 1 N–H and O–H groups in total. The van der Waals surface area contributed by atoms with Crippen LogP contribution in [0.3, 0.4) is 0 Å². The minimum Gasteiger partial charge on any atom is -0.506 e. The molecule has 1 radical (unpaired) electrons. The Bertz CT molecular complexity index is 171. The smallest absolute Gasteiger partial charge is 0.291 e. The Hall–Kier alpha value is -1.32. The van der Waals surface area contributed by atoms with Crippen molar-refractivity contribution >= 4 is 12.1 Å². The summed E-state index contributed by atoms with van der Waals surface area (Å²) in [7, 11) is 0. The van der Waals surface area contributed by atoms with Crippen molar-refractivity contribution in [3.8, 4) is 0 Å². The predicted octanol–water partition coefficient (Wildman–Crippen LogP) is -0.441. The van der Waals surface area contributed by atoms with E-state index in [1.54, 1.807) is 0 Å². The average molecular weight is 111 g/mol. The molecule has 1 aliphatic heterocycles. The molecule has 4 nitrogen and oxygen atoms in total. The Labute approximate surface area is 45.5 Å². The molecule has 0 bridgehead atoms. The first-order chi connectivity index (χ1) is 3.79. The van der Waals surface area contributed by atoms with E-state index in [0.29, 0.717) is 0 Å². The van der Waals surface area contributed by atoms with Gasteiger partial charge in [0.15, 0.2) is 0 Å². The van der Waals surface area contributed by atoms with Crippen molar-refractivity contribution in [3.05, 3.63) is 11.8 Å². The van der Waals surface area contributed by atoms with Crippen molar-refractivity contribution in [2.75, 3.05) is 0 Å². The molecule has 1 rings (SSSR count). The molecular formula is C4H3N2O2. The van der Waals surface area contributed by atoms with Crippen LogP contribution in [0, 0.1) is 0 Å². The Morgan fingerprint density at radius 3 is 2.75 bits per heavy atom. The third-order valence-corrected chi connectivity index (χ3v) is 0.618. The molecule has 4 heteroatoms. The Morgan fingerprint density at radius 2 is 2.38 bits per heavy atom. The number of aliphatic hydroxyl groups is 1. The van der Waals surface area contributed by atoms with Gasteiger partial charge in [0.05, 0.1) is 12.3 Å². The summed E-state index contributed by atoms with van der Waals surface area (Å²) in [5.74, 6) is -0.671. The van der Waals surface area contributed by atoms with Crippen LogP contribution >= 0.6 is 0 Å². The summed E-state index contributed by atoms with van der Waals surface area (Å²) >= 11 is 0. The summed E-state index contributed by atoms with van der Waals surface area (Å²) in [6.45, 7) is 0. The zero-order valence-electron chi connectivity index (χ0n) is 3.90. The topological polar surface area (TPSA) is 63.8 Å². The highest BCUT2D eigenvalue weighted by Gasteiger charge is 2.02. The van der Waals surface area contributed by atoms with Gasteiger partial charge in [-0.15, -0.1) is 5.43 Å². The summed E-state index contributed by atoms with van der Waals surface area (Å²) in [6, 6.07) is 0. The van der Waals surface area contributed by atoms with Crippen molar-refractivity contribution in [1.82, 2.24) is 5.43 Å². The summed E-state index contributed by atoms with van der Waals surface area (Å²) in [5, 5.41) is 11.7. The van der Waals surface area contributed by atoms with Crippen LogP contribution in [0.4, 0.5) is 0 Å². The molecule has 0 fully saturated rings. The Morgan fingerprint density at radius 1 is 1.62 bits per heavy atom. The monoisotopic (exact) mass is 111 g/mol. The summed E-state index contributed by atoms with van der Waals surface area (Å²) in [4.78, 5) is 10.2. The molecule has 41 valence electrons. The first-order valence-corrected chi connectivity index (χ1v) is 1.98. The first kappa shape index (κ1) is 4.83. The molecule has 8 heavy (non-hydrogen) atoms. The summed E-state index contributed by atoms with van der Waals surface area (Å²) in [5.41, 5.74) is 3.07. The lowest BCUT2D eigenvalue weighted by Gasteiger charge is -1.94.